The molecule has 30 heavy (non-hydrogen) atoms. The zero-order valence-electron chi connectivity index (χ0n) is 16.4. The average molecular weight is 475 g/mol. The summed E-state index contributed by atoms with van der Waals surface area (Å²) < 4.78 is 4.68. The lowest BCUT2D eigenvalue weighted by Crippen LogP contribution is -2.49. The van der Waals surface area contributed by atoms with Gasteiger partial charge in [0.05, 0.1) is 19.0 Å². The number of hydrogen-bond acceptors (Lipinski definition) is 5. The lowest BCUT2D eigenvalue weighted by Gasteiger charge is -2.17. The maximum atomic E-state index is 12.5. The Balaban J connectivity index is 2.00. The molecule has 0 radical (unpaired) electrons. The molecule has 0 saturated heterocycles. The van der Waals surface area contributed by atoms with Gasteiger partial charge < -0.3 is 20.5 Å². The third-order valence-corrected chi connectivity index (χ3v) is 4.73. The first-order valence-corrected chi connectivity index (χ1v) is 10.3. The van der Waals surface area contributed by atoms with Gasteiger partial charge in [-0.1, -0.05) is 64.5 Å². The van der Waals surface area contributed by atoms with Crippen molar-refractivity contribution in [3.05, 3.63) is 70.8 Å². The summed E-state index contributed by atoms with van der Waals surface area (Å²) in [4.78, 5) is 35.7. The van der Waals surface area contributed by atoms with Crippen LogP contribution in [0, 0.1) is 0 Å². The molecule has 8 heteroatoms. The number of hydrogen-bond donors (Lipinski definition) is 3. The van der Waals surface area contributed by atoms with Gasteiger partial charge in [0.15, 0.2) is 0 Å². The first kappa shape index (κ1) is 23.3. The zero-order chi connectivity index (χ0) is 21.9. The van der Waals surface area contributed by atoms with Crippen molar-refractivity contribution in [2.24, 2.45) is 0 Å². The molecule has 2 amide bonds. The van der Waals surface area contributed by atoms with Gasteiger partial charge >= 0.3 is 5.97 Å². The third kappa shape index (κ3) is 7.13. The smallest absolute Gasteiger partial charge is 0.330 e. The number of aliphatic hydroxyl groups excluding tert-OH is 1. The zero-order valence-corrected chi connectivity index (χ0v) is 18.0. The minimum atomic E-state index is -0.994. The number of amides is 2. The summed E-state index contributed by atoms with van der Waals surface area (Å²) in [5.41, 5.74) is 3.10. The molecule has 2 aromatic rings. The summed E-state index contributed by atoms with van der Waals surface area (Å²) in [6, 6.07) is 13.4. The van der Waals surface area contributed by atoms with Crippen LogP contribution in [0.5, 0.6) is 0 Å². The van der Waals surface area contributed by atoms with E-state index in [1.54, 1.807) is 24.3 Å². The van der Waals surface area contributed by atoms with Crippen LogP contribution >= 0.6 is 15.9 Å². The normalized spacial score (nSPS) is 11.7. The van der Waals surface area contributed by atoms with Gasteiger partial charge in [-0.3, -0.25) is 9.59 Å². The number of rotatable bonds is 9. The van der Waals surface area contributed by atoms with Crippen LogP contribution in [0.1, 0.15) is 27.0 Å². The van der Waals surface area contributed by atoms with Crippen molar-refractivity contribution in [2.45, 2.75) is 12.6 Å². The number of nitrogens with one attached hydrogen (secondary N) is 2. The van der Waals surface area contributed by atoms with E-state index >= 15 is 0 Å². The van der Waals surface area contributed by atoms with E-state index in [0.717, 1.165) is 16.7 Å². The molecule has 1 atom stereocenters. The molecule has 2 rings (SSSR count). The molecule has 7 nitrogen and oxygen atoms in total. The Labute approximate surface area is 183 Å². The Morgan fingerprint density at radius 1 is 1.03 bits per heavy atom. The third-order valence-electron chi connectivity index (χ3n) is 4.22. The van der Waals surface area contributed by atoms with Gasteiger partial charge in [0.1, 0.15) is 6.04 Å². The highest BCUT2D eigenvalue weighted by Gasteiger charge is 2.22. The van der Waals surface area contributed by atoms with Crippen molar-refractivity contribution >= 4 is 45.9 Å². The summed E-state index contributed by atoms with van der Waals surface area (Å²) >= 11 is 3.02. The van der Waals surface area contributed by atoms with Crippen molar-refractivity contribution in [3.63, 3.8) is 0 Å². The lowest BCUT2D eigenvalue weighted by molar-refractivity contribution is -0.142. The van der Waals surface area contributed by atoms with E-state index in [4.69, 9.17) is 5.11 Å². The Kier molecular flexibility index (Phi) is 9.24. The highest BCUT2D eigenvalue weighted by molar-refractivity contribution is 9.09. The van der Waals surface area contributed by atoms with Gasteiger partial charge in [0, 0.05) is 12.1 Å². The van der Waals surface area contributed by atoms with Gasteiger partial charge in [0.25, 0.3) is 5.91 Å². The maximum Gasteiger partial charge on any atom is 0.330 e. The molecule has 0 heterocycles. The maximum absolute atomic E-state index is 12.5. The van der Waals surface area contributed by atoms with E-state index in [0.29, 0.717) is 5.56 Å². The van der Waals surface area contributed by atoms with Gasteiger partial charge in [-0.25, -0.2) is 4.79 Å². The average Bonchev–Trinajstić information content (AvgIpc) is 2.80. The topological polar surface area (TPSA) is 105 Å². The molecular weight excluding hydrogens is 452 g/mol. The van der Waals surface area contributed by atoms with Crippen LogP contribution in [-0.4, -0.2) is 47.9 Å². The Bertz CT molecular complexity index is 895. The first-order valence-electron chi connectivity index (χ1n) is 9.16. The number of aliphatic hydroxyl groups is 1. The van der Waals surface area contributed by atoms with E-state index in [1.807, 2.05) is 36.4 Å². The van der Waals surface area contributed by atoms with E-state index in [-0.39, 0.29) is 24.4 Å². The molecule has 0 saturated carbocycles. The fourth-order valence-corrected chi connectivity index (χ4v) is 2.71. The molecule has 0 aliphatic heterocycles. The fourth-order valence-electron chi connectivity index (χ4n) is 2.51. The quantitative estimate of drug-likeness (QED) is 0.293. The van der Waals surface area contributed by atoms with Gasteiger partial charge in [-0.15, -0.1) is 0 Å². The van der Waals surface area contributed by atoms with Crippen LogP contribution in [0.2, 0.25) is 0 Å². The number of esters is 1. The van der Waals surface area contributed by atoms with Crippen LogP contribution < -0.4 is 10.6 Å². The molecule has 0 aromatic heterocycles. The van der Waals surface area contributed by atoms with E-state index < -0.39 is 17.9 Å². The monoisotopic (exact) mass is 474 g/mol. The molecule has 0 spiro atoms. The standard InChI is InChI=1S/C22H23BrN2O5/c1-30-22(29)19(13-24-20(27)12-23)25-21(28)18-10-8-16(9-11-18)3-2-15-4-6-17(14-26)7-5-15/h2-11,19,26H,12-14H2,1H3,(H,24,27)(H,25,28)/b3-2+/t19-/m0/s1. The number of benzene rings is 2. The fraction of sp³-hybridized carbons (Fsp3) is 0.227. The summed E-state index contributed by atoms with van der Waals surface area (Å²) in [5.74, 6) is -1.40. The van der Waals surface area contributed by atoms with Gasteiger partial charge in [-0.05, 0) is 28.8 Å². The van der Waals surface area contributed by atoms with Crippen LogP contribution in [0.3, 0.4) is 0 Å². The van der Waals surface area contributed by atoms with Crippen molar-refractivity contribution in [1.29, 1.82) is 0 Å². The van der Waals surface area contributed by atoms with Gasteiger partial charge in [0.2, 0.25) is 5.91 Å². The summed E-state index contributed by atoms with van der Waals surface area (Å²) in [7, 11) is 1.21. The molecule has 0 aliphatic rings. The predicted octanol–water partition coefficient (Wildman–Crippen LogP) is 2.13. The molecular formula is C22H23BrN2O5. The van der Waals surface area contributed by atoms with Crippen LogP contribution in [0.15, 0.2) is 48.5 Å². The first-order chi connectivity index (χ1) is 14.5. The van der Waals surface area contributed by atoms with Crippen molar-refractivity contribution < 1.29 is 24.2 Å². The van der Waals surface area contributed by atoms with Gasteiger partial charge in [-0.2, -0.15) is 0 Å². The SMILES string of the molecule is COC(=O)[C@H](CNC(=O)CBr)NC(=O)c1ccc(/C=C/c2ccc(CO)cc2)cc1. The summed E-state index contributed by atoms with van der Waals surface area (Å²) in [6.45, 7) is -0.0635. The molecule has 3 N–H and O–H groups in total. The number of halogens is 1. The van der Waals surface area contributed by atoms with E-state index in [2.05, 4.69) is 31.3 Å². The van der Waals surface area contributed by atoms with Crippen molar-refractivity contribution in [3.8, 4) is 0 Å². The second kappa shape index (κ2) is 11.9. The molecule has 0 unspecified atom stereocenters. The van der Waals surface area contributed by atoms with Crippen LogP contribution in [0.4, 0.5) is 0 Å². The summed E-state index contributed by atoms with van der Waals surface area (Å²) in [6.07, 6.45) is 3.83. The molecule has 2 aromatic carbocycles. The van der Waals surface area contributed by atoms with Crippen LogP contribution in [0.25, 0.3) is 12.2 Å². The lowest BCUT2D eigenvalue weighted by atomic mass is 10.1. The molecule has 0 aliphatic carbocycles. The van der Waals surface area contributed by atoms with Crippen molar-refractivity contribution in [1.82, 2.24) is 10.6 Å². The number of alkyl halides is 1. The van der Waals surface area contributed by atoms with E-state index in [9.17, 15) is 14.4 Å². The number of carbonyl (C=O) groups is 3. The number of methoxy groups -OCH3 is 1. The number of carbonyl (C=O) groups excluding carboxylic acids is 3. The van der Waals surface area contributed by atoms with Crippen LogP contribution in [-0.2, 0) is 20.9 Å². The largest absolute Gasteiger partial charge is 0.467 e. The molecule has 0 fully saturated rings. The minimum absolute atomic E-state index is 0.00718. The Morgan fingerprint density at radius 2 is 1.60 bits per heavy atom. The predicted molar refractivity (Wildman–Crippen MR) is 118 cm³/mol. The van der Waals surface area contributed by atoms with E-state index in [1.165, 1.54) is 7.11 Å². The molecule has 158 valence electrons. The minimum Gasteiger partial charge on any atom is -0.467 e. The Hall–Kier alpha value is -2.97. The highest BCUT2D eigenvalue weighted by Crippen LogP contribution is 2.11. The molecule has 0 bridgehead atoms. The highest BCUT2D eigenvalue weighted by atomic mass is 79.9. The number of ether oxygens (including phenoxy) is 1. The Morgan fingerprint density at radius 3 is 2.10 bits per heavy atom. The van der Waals surface area contributed by atoms with Crippen molar-refractivity contribution in [2.75, 3.05) is 19.0 Å². The second-order valence-corrected chi connectivity index (χ2v) is 6.90. The second-order valence-electron chi connectivity index (χ2n) is 6.34. The summed E-state index contributed by atoms with van der Waals surface area (Å²) in [5, 5.41) is 14.3.